The van der Waals surface area contributed by atoms with Gasteiger partial charge in [0.15, 0.2) is 5.96 Å². The Morgan fingerprint density at radius 2 is 2.00 bits per heavy atom. The zero-order chi connectivity index (χ0) is 21.6. The predicted molar refractivity (Wildman–Crippen MR) is 135 cm³/mol. The van der Waals surface area contributed by atoms with Gasteiger partial charge in [-0.2, -0.15) is 5.10 Å². The molecule has 0 saturated carbocycles. The van der Waals surface area contributed by atoms with E-state index in [1.165, 1.54) is 11.9 Å². The lowest BCUT2D eigenvalue weighted by Crippen LogP contribution is -2.36. The van der Waals surface area contributed by atoms with Gasteiger partial charge >= 0.3 is 0 Å². The van der Waals surface area contributed by atoms with Crippen LogP contribution in [-0.4, -0.2) is 40.5 Å². The Hall–Kier alpha value is -2.82. The first-order valence-electron chi connectivity index (χ1n) is 10.5. The molecule has 3 aromatic rings. The van der Waals surface area contributed by atoms with Crippen LogP contribution in [0, 0.1) is 0 Å². The Morgan fingerprint density at radius 3 is 2.69 bits per heavy atom. The molecule has 1 atom stereocenters. The quantitative estimate of drug-likeness (QED) is 0.267. The highest BCUT2D eigenvalue weighted by atomic mass is 127. The summed E-state index contributed by atoms with van der Waals surface area (Å²) in [6.45, 7) is 5.95. The fraction of sp³-hybridized carbons (Fsp3) is 0.348. The number of guanidine groups is 1. The molecule has 9 heteroatoms. The molecule has 1 unspecified atom stereocenters. The number of ether oxygens (including phenoxy) is 2. The smallest absolute Gasteiger partial charge is 0.191 e. The Morgan fingerprint density at radius 1 is 1.22 bits per heavy atom. The average molecular weight is 548 g/mol. The second-order valence-electron chi connectivity index (χ2n) is 7.42. The largest absolute Gasteiger partial charge is 0.494 e. The number of nitrogens with zero attached hydrogens (tertiary/aromatic N) is 4. The van der Waals surface area contributed by atoms with Crippen molar-refractivity contribution in [1.82, 2.24) is 25.4 Å². The highest BCUT2D eigenvalue weighted by Gasteiger charge is 2.21. The van der Waals surface area contributed by atoms with Crippen LogP contribution in [0.5, 0.6) is 11.5 Å². The molecule has 2 aromatic carbocycles. The maximum atomic E-state index is 5.92. The van der Waals surface area contributed by atoms with Crippen molar-refractivity contribution in [2.24, 2.45) is 4.99 Å². The molecule has 1 aliphatic heterocycles. The van der Waals surface area contributed by atoms with Gasteiger partial charge in [0, 0.05) is 37.7 Å². The van der Waals surface area contributed by atoms with E-state index < -0.39 is 0 Å². The van der Waals surface area contributed by atoms with Crippen LogP contribution in [0.1, 0.15) is 30.5 Å². The predicted octanol–water partition coefficient (Wildman–Crippen LogP) is 3.47. The van der Waals surface area contributed by atoms with E-state index in [0.29, 0.717) is 19.7 Å². The van der Waals surface area contributed by atoms with Crippen LogP contribution in [0.25, 0.3) is 5.69 Å². The molecular formula is C23H29IN6O2. The maximum absolute atomic E-state index is 5.92. The van der Waals surface area contributed by atoms with Crippen molar-refractivity contribution in [3.05, 3.63) is 65.7 Å². The van der Waals surface area contributed by atoms with Gasteiger partial charge in [-0.3, -0.25) is 4.99 Å². The van der Waals surface area contributed by atoms with Crippen molar-refractivity contribution in [2.75, 3.05) is 13.7 Å². The SMILES string of the molecule is CCOc1cc2c(cc1CNC(=NC)NCc1ccc(-n3cncn3)cc1)OC(C)C2.I. The number of hydrogen-bond acceptors (Lipinski definition) is 5. The number of aliphatic imine (C=N–C) groups is 1. The number of fused-ring (bicyclic) bond motifs is 1. The van der Waals surface area contributed by atoms with Crippen molar-refractivity contribution in [1.29, 1.82) is 0 Å². The van der Waals surface area contributed by atoms with Crippen molar-refractivity contribution in [3.8, 4) is 17.2 Å². The second kappa shape index (κ2) is 11.2. The molecule has 1 aliphatic rings. The molecule has 32 heavy (non-hydrogen) atoms. The number of rotatable bonds is 7. The zero-order valence-electron chi connectivity index (χ0n) is 18.5. The van der Waals surface area contributed by atoms with E-state index in [-0.39, 0.29) is 30.1 Å². The highest BCUT2D eigenvalue weighted by molar-refractivity contribution is 14.0. The van der Waals surface area contributed by atoms with E-state index >= 15 is 0 Å². The lowest BCUT2D eigenvalue weighted by molar-refractivity contribution is 0.254. The molecule has 2 heterocycles. The number of nitrogens with one attached hydrogen (secondary N) is 2. The average Bonchev–Trinajstić information content (AvgIpc) is 3.43. The third-order valence-electron chi connectivity index (χ3n) is 5.13. The molecule has 0 spiro atoms. The Bertz CT molecular complexity index is 1040. The van der Waals surface area contributed by atoms with Crippen LogP contribution >= 0.6 is 24.0 Å². The third-order valence-corrected chi connectivity index (χ3v) is 5.13. The molecule has 4 rings (SSSR count). The molecule has 0 amide bonds. The van der Waals surface area contributed by atoms with Gasteiger partial charge in [0.1, 0.15) is 30.3 Å². The van der Waals surface area contributed by atoms with Gasteiger partial charge in [0.25, 0.3) is 0 Å². The monoisotopic (exact) mass is 548 g/mol. The molecule has 0 bridgehead atoms. The summed E-state index contributed by atoms with van der Waals surface area (Å²) in [5.41, 5.74) is 4.37. The summed E-state index contributed by atoms with van der Waals surface area (Å²) in [5.74, 6) is 2.56. The minimum atomic E-state index is 0. The van der Waals surface area contributed by atoms with Crippen molar-refractivity contribution < 1.29 is 9.47 Å². The van der Waals surface area contributed by atoms with Crippen molar-refractivity contribution >= 4 is 29.9 Å². The minimum absolute atomic E-state index is 0. The Balaban J connectivity index is 0.00000289. The summed E-state index contributed by atoms with van der Waals surface area (Å²) in [7, 11) is 1.76. The first kappa shape index (κ1) is 23.8. The van der Waals surface area contributed by atoms with E-state index in [4.69, 9.17) is 9.47 Å². The lowest BCUT2D eigenvalue weighted by atomic mass is 10.1. The maximum Gasteiger partial charge on any atom is 0.191 e. The topological polar surface area (TPSA) is 85.6 Å². The van der Waals surface area contributed by atoms with Crippen LogP contribution < -0.4 is 20.1 Å². The molecule has 8 nitrogen and oxygen atoms in total. The molecular weight excluding hydrogens is 519 g/mol. The van der Waals surface area contributed by atoms with Crippen molar-refractivity contribution in [3.63, 3.8) is 0 Å². The normalized spacial score (nSPS) is 14.8. The van der Waals surface area contributed by atoms with Gasteiger partial charge in [-0.15, -0.1) is 24.0 Å². The molecule has 0 aliphatic carbocycles. The molecule has 1 aromatic heterocycles. The van der Waals surface area contributed by atoms with E-state index in [0.717, 1.165) is 40.7 Å². The number of benzene rings is 2. The Kier molecular flexibility index (Phi) is 8.32. The standard InChI is InChI=1S/C23H28N6O2.HI/c1-4-30-21-10-18-9-16(2)31-22(18)11-19(21)13-27-23(24-3)26-12-17-5-7-20(8-6-17)29-15-25-14-28-29;/h5-8,10-11,14-16H,4,9,12-13H2,1-3H3,(H2,24,26,27);1H. The van der Waals surface area contributed by atoms with Crippen LogP contribution in [0.3, 0.4) is 0 Å². The van der Waals surface area contributed by atoms with Gasteiger partial charge < -0.3 is 20.1 Å². The lowest BCUT2D eigenvalue weighted by Gasteiger charge is -2.16. The number of hydrogen-bond donors (Lipinski definition) is 2. The van der Waals surface area contributed by atoms with Crippen molar-refractivity contribution in [2.45, 2.75) is 39.5 Å². The molecule has 2 N–H and O–H groups in total. The van der Waals surface area contributed by atoms with Gasteiger partial charge in [-0.25, -0.2) is 9.67 Å². The fourth-order valence-corrected chi connectivity index (χ4v) is 3.60. The summed E-state index contributed by atoms with van der Waals surface area (Å²) in [5, 5.41) is 10.9. The summed E-state index contributed by atoms with van der Waals surface area (Å²) in [6, 6.07) is 12.3. The number of halogens is 1. The van der Waals surface area contributed by atoms with E-state index in [9.17, 15) is 0 Å². The zero-order valence-corrected chi connectivity index (χ0v) is 20.9. The summed E-state index contributed by atoms with van der Waals surface area (Å²) >= 11 is 0. The molecule has 0 fully saturated rings. The summed E-state index contributed by atoms with van der Waals surface area (Å²) < 4.78 is 13.5. The van der Waals surface area contributed by atoms with Crippen LogP contribution in [0.4, 0.5) is 0 Å². The first-order chi connectivity index (χ1) is 15.2. The van der Waals surface area contributed by atoms with Crippen LogP contribution in [0.15, 0.2) is 54.0 Å². The van der Waals surface area contributed by atoms with Gasteiger partial charge in [-0.05, 0) is 43.7 Å². The third kappa shape index (κ3) is 5.70. The van der Waals surface area contributed by atoms with E-state index in [2.05, 4.69) is 56.9 Å². The molecule has 0 radical (unpaired) electrons. The molecule has 170 valence electrons. The van der Waals surface area contributed by atoms with Gasteiger partial charge in [0.2, 0.25) is 0 Å². The van der Waals surface area contributed by atoms with Gasteiger partial charge in [0.05, 0.1) is 12.3 Å². The van der Waals surface area contributed by atoms with Gasteiger partial charge in [-0.1, -0.05) is 12.1 Å². The minimum Gasteiger partial charge on any atom is -0.494 e. The summed E-state index contributed by atoms with van der Waals surface area (Å²) in [6.07, 6.45) is 4.33. The molecule has 0 saturated heterocycles. The first-order valence-corrected chi connectivity index (χ1v) is 10.5. The Labute approximate surface area is 205 Å². The van der Waals surface area contributed by atoms with E-state index in [1.807, 2.05) is 19.1 Å². The second-order valence-corrected chi connectivity index (χ2v) is 7.42. The summed E-state index contributed by atoms with van der Waals surface area (Å²) in [4.78, 5) is 8.31. The fourth-order valence-electron chi connectivity index (χ4n) is 3.60. The highest BCUT2D eigenvalue weighted by Crippen LogP contribution is 2.35. The van der Waals surface area contributed by atoms with Crippen LogP contribution in [-0.2, 0) is 19.5 Å². The van der Waals surface area contributed by atoms with Crippen LogP contribution in [0.2, 0.25) is 0 Å². The number of aromatic nitrogens is 3. The van der Waals surface area contributed by atoms with E-state index in [1.54, 1.807) is 18.1 Å².